The first kappa shape index (κ1) is 9.71. The van der Waals surface area contributed by atoms with Crippen LogP contribution in [0.2, 0.25) is 0 Å². The van der Waals surface area contributed by atoms with Crippen LogP contribution in [0.15, 0.2) is 18.2 Å². The Morgan fingerprint density at radius 3 is 2.46 bits per heavy atom. The molecule has 3 nitrogen and oxygen atoms in total. The number of phenolic OH excluding ortho intramolecular Hbond substituents is 1. The molecule has 0 saturated heterocycles. The molecular formula is C10H16N2O. The molecule has 1 rings (SSSR count). The minimum atomic E-state index is 0.290. The first-order chi connectivity index (χ1) is 6.19. The van der Waals surface area contributed by atoms with Gasteiger partial charge < -0.3 is 15.7 Å². The molecule has 0 heterocycles. The van der Waals surface area contributed by atoms with Crippen molar-refractivity contribution < 1.29 is 5.11 Å². The van der Waals surface area contributed by atoms with Crippen LogP contribution in [0, 0.1) is 0 Å². The highest BCUT2D eigenvalue weighted by atomic mass is 16.3. The molecule has 0 unspecified atom stereocenters. The molecule has 0 bridgehead atoms. The minimum Gasteiger partial charge on any atom is -0.506 e. The van der Waals surface area contributed by atoms with Crippen LogP contribution in [0.25, 0.3) is 0 Å². The number of nitrogens with zero attached hydrogens (tertiary/aromatic N) is 1. The van der Waals surface area contributed by atoms with Gasteiger partial charge in [-0.3, -0.25) is 0 Å². The molecule has 0 spiro atoms. The van der Waals surface area contributed by atoms with E-state index < -0.39 is 0 Å². The van der Waals surface area contributed by atoms with E-state index in [1.54, 1.807) is 18.2 Å². The van der Waals surface area contributed by atoms with Crippen LogP contribution >= 0.6 is 0 Å². The van der Waals surface area contributed by atoms with Gasteiger partial charge in [0.15, 0.2) is 0 Å². The highest BCUT2D eigenvalue weighted by Crippen LogP contribution is 2.28. The average molecular weight is 180 g/mol. The van der Waals surface area contributed by atoms with Crippen molar-refractivity contribution in [2.75, 3.05) is 23.7 Å². The highest BCUT2D eigenvalue weighted by molar-refractivity contribution is 5.64. The molecule has 0 amide bonds. The van der Waals surface area contributed by atoms with E-state index in [0.29, 0.717) is 5.69 Å². The molecular weight excluding hydrogens is 164 g/mol. The number of phenols is 1. The molecule has 13 heavy (non-hydrogen) atoms. The van der Waals surface area contributed by atoms with E-state index in [1.165, 1.54) is 0 Å². The number of nitrogen functional groups attached to an aromatic ring is 1. The zero-order valence-electron chi connectivity index (χ0n) is 8.12. The lowest BCUT2D eigenvalue weighted by Gasteiger charge is -2.22. The number of hydrogen-bond acceptors (Lipinski definition) is 3. The SMILES string of the molecule is CCN(CC)c1cc(N)ccc1O. The summed E-state index contributed by atoms with van der Waals surface area (Å²) in [6, 6.07) is 5.12. The lowest BCUT2D eigenvalue weighted by molar-refractivity contribution is 0.474. The number of benzene rings is 1. The van der Waals surface area contributed by atoms with Crippen molar-refractivity contribution in [2.45, 2.75) is 13.8 Å². The fraction of sp³-hybridized carbons (Fsp3) is 0.400. The van der Waals surface area contributed by atoms with Gasteiger partial charge in [0.2, 0.25) is 0 Å². The standard InChI is InChI=1S/C10H16N2O/c1-3-12(4-2)9-7-8(11)5-6-10(9)13/h5-7,13H,3-4,11H2,1-2H3. The van der Waals surface area contributed by atoms with E-state index in [4.69, 9.17) is 5.73 Å². The van der Waals surface area contributed by atoms with Crippen molar-refractivity contribution in [3.63, 3.8) is 0 Å². The summed E-state index contributed by atoms with van der Waals surface area (Å²) < 4.78 is 0. The summed E-state index contributed by atoms with van der Waals surface area (Å²) >= 11 is 0. The molecule has 3 heteroatoms. The van der Waals surface area contributed by atoms with Gasteiger partial charge in [0.1, 0.15) is 5.75 Å². The lowest BCUT2D eigenvalue weighted by atomic mass is 10.2. The van der Waals surface area contributed by atoms with Crippen molar-refractivity contribution in [1.82, 2.24) is 0 Å². The lowest BCUT2D eigenvalue weighted by Crippen LogP contribution is -2.21. The van der Waals surface area contributed by atoms with E-state index in [9.17, 15) is 5.11 Å². The number of hydrogen-bond donors (Lipinski definition) is 2. The molecule has 0 aliphatic rings. The summed E-state index contributed by atoms with van der Waals surface area (Å²) in [5.74, 6) is 0.290. The van der Waals surface area contributed by atoms with Crippen LogP contribution in [-0.4, -0.2) is 18.2 Å². The van der Waals surface area contributed by atoms with Gasteiger partial charge in [0.05, 0.1) is 5.69 Å². The first-order valence-electron chi connectivity index (χ1n) is 4.52. The van der Waals surface area contributed by atoms with E-state index >= 15 is 0 Å². The quantitative estimate of drug-likeness (QED) is 0.551. The summed E-state index contributed by atoms with van der Waals surface area (Å²) in [5.41, 5.74) is 7.13. The summed E-state index contributed by atoms with van der Waals surface area (Å²) in [7, 11) is 0. The van der Waals surface area contributed by atoms with Crippen LogP contribution < -0.4 is 10.6 Å². The topological polar surface area (TPSA) is 49.5 Å². The van der Waals surface area contributed by atoms with Crippen LogP contribution in [0.5, 0.6) is 5.75 Å². The Kier molecular flexibility index (Phi) is 3.01. The van der Waals surface area contributed by atoms with Crippen molar-refractivity contribution >= 4 is 11.4 Å². The van der Waals surface area contributed by atoms with E-state index in [0.717, 1.165) is 18.8 Å². The molecule has 0 saturated carbocycles. The fourth-order valence-electron chi connectivity index (χ4n) is 1.36. The smallest absolute Gasteiger partial charge is 0.139 e. The fourth-order valence-corrected chi connectivity index (χ4v) is 1.36. The Bertz CT molecular complexity index is 282. The third kappa shape index (κ3) is 2.05. The van der Waals surface area contributed by atoms with Crippen LogP contribution in [-0.2, 0) is 0 Å². The van der Waals surface area contributed by atoms with Crippen LogP contribution in [0.4, 0.5) is 11.4 Å². The Balaban J connectivity index is 3.03. The van der Waals surface area contributed by atoms with Gasteiger partial charge in [-0.05, 0) is 32.0 Å². The molecule has 1 aromatic rings. The van der Waals surface area contributed by atoms with Crippen LogP contribution in [0.3, 0.4) is 0 Å². The third-order valence-electron chi connectivity index (χ3n) is 2.10. The normalized spacial score (nSPS) is 10.0. The second-order valence-corrected chi connectivity index (χ2v) is 2.92. The molecule has 0 aliphatic heterocycles. The third-order valence-corrected chi connectivity index (χ3v) is 2.10. The van der Waals surface area contributed by atoms with E-state index in [-0.39, 0.29) is 5.75 Å². The van der Waals surface area contributed by atoms with Gasteiger partial charge in [0, 0.05) is 18.8 Å². The molecule has 3 N–H and O–H groups in total. The predicted octanol–water partition coefficient (Wildman–Crippen LogP) is 1.82. The van der Waals surface area contributed by atoms with E-state index in [2.05, 4.69) is 4.90 Å². The van der Waals surface area contributed by atoms with Gasteiger partial charge in [-0.1, -0.05) is 0 Å². The molecule has 0 aromatic heterocycles. The zero-order valence-corrected chi connectivity index (χ0v) is 8.12. The maximum Gasteiger partial charge on any atom is 0.139 e. The molecule has 0 atom stereocenters. The Labute approximate surface area is 78.8 Å². The maximum atomic E-state index is 9.57. The second kappa shape index (κ2) is 4.03. The number of rotatable bonds is 3. The molecule has 0 radical (unpaired) electrons. The Hall–Kier alpha value is -1.38. The highest BCUT2D eigenvalue weighted by Gasteiger charge is 2.06. The summed E-state index contributed by atoms with van der Waals surface area (Å²) in [6.07, 6.45) is 0. The first-order valence-corrected chi connectivity index (χ1v) is 4.52. The predicted molar refractivity (Wildman–Crippen MR) is 56.1 cm³/mol. The largest absolute Gasteiger partial charge is 0.506 e. The molecule has 0 fully saturated rings. The van der Waals surface area contributed by atoms with Crippen LogP contribution in [0.1, 0.15) is 13.8 Å². The second-order valence-electron chi connectivity index (χ2n) is 2.92. The van der Waals surface area contributed by atoms with Crippen molar-refractivity contribution in [1.29, 1.82) is 0 Å². The van der Waals surface area contributed by atoms with Crippen molar-refractivity contribution in [3.05, 3.63) is 18.2 Å². The Morgan fingerprint density at radius 2 is 1.92 bits per heavy atom. The number of anilines is 2. The molecule has 0 aliphatic carbocycles. The Morgan fingerprint density at radius 1 is 1.31 bits per heavy atom. The molecule has 1 aromatic carbocycles. The van der Waals surface area contributed by atoms with Gasteiger partial charge in [-0.25, -0.2) is 0 Å². The number of aromatic hydroxyl groups is 1. The van der Waals surface area contributed by atoms with Crippen molar-refractivity contribution in [3.8, 4) is 5.75 Å². The average Bonchev–Trinajstić information content (AvgIpc) is 2.13. The monoisotopic (exact) mass is 180 g/mol. The summed E-state index contributed by atoms with van der Waals surface area (Å²) in [4.78, 5) is 2.06. The van der Waals surface area contributed by atoms with Gasteiger partial charge in [0.25, 0.3) is 0 Å². The summed E-state index contributed by atoms with van der Waals surface area (Å²) in [5, 5.41) is 9.57. The zero-order chi connectivity index (χ0) is 9.84. The van der Waals surface area contributed by atoms with Gasteiger partial charge in [-0.15, -0.1) is 0 Å². The van der Waals surface area contributed by atoms with Gasteiger partial charge in [-0.2, -0.15) is 0 Å². The van der Waals surface area contributed by atoms with Gasteiger partial charge >= 0.3 is 0 Å². The number of nitrogens with two attached hydrogens (primary N) is 1. The van der Waals surface area contributed by atoms with Crippen molar-refractivity contribution in [2.24, 2.45) is 0 Å². The van der Waals surface area contributed by atoms with E-state index in [1.807, 2.05) is 13.8 Å². The summed E-state index contributed by atoms with van der Waals surface area (Å²) in [6.45, 7) is 5.83. The maximum absolute atomic E-state index is 9.57. The minimum absolute atomic E-state index is 0.290. The molecule has 72 valence electrons.